The molecule has 202 valence electrons. The normalized spacial score (nSPS) is 15.5. The highest BCUT2D eigenvalue weighted by Gasteiger charge is 2.27. The molecule has 0 heterocycles. The van der Waals surface area contributed by atoms with E-state index in [9.17, 15) is 0 Å². The largest absolute Gasteiger partial charge is 0.0720 e. The molecule has 0 radical (unpaired) electrons. The van der Waals surface area contributed by atoms with Crippen molar-refractivity contribution >= 4 is 21.9 Å². The molecule has 8 rings (SSSR count). The SMILES string of the molecule is C1=CC2=C(c3cccc(-c4ccccc4)c3)C=CC2C(c2cccc3c(-c4cccc(-c5ccccc5)c4)cccc23)=C1. The fraction of sp³-hybridized carbons (Fsp3) is 0.0233. The summed E-state index contributed by atoms with van der Waals surface area (Å²) in [5.41, 5.74) is 14.1. The van der Waals surface area contributed by atoms with Crippen LogP contribution in [0.1, 0.15) is 11.1 Å². The Labute approximate surface area is 253 Å². The van der Waals surface area contributed by atoms with Crippen molar-refractivity contribution in [2.45, 2.75) is 0 Å². The molecule has 1 atom stereocenters. The quantitative estimate of drug-likeness (QED) is 0.202. The van der Waals surface area contributed by atoms with E-state index < -0.39 is 0 Å². The molecule has 0 aromatic heterocycles. The molecule has 0 spiro atoms. The smallest absolute Gasteiger partial charge is 0.0285 e. The molecule has 0 N–H and O–H groups in total. The molecule has 0 nitrogen and oxygen atoms in total. The van der Waals surface area contributed by atoms with Crippen LogP contribution in [0.3, 0.4) is 0 Å². The van der Waals surface area contributed by atoms with Crippen molar-refractivity contribution in [3.05, 3.63) is 193 Å². The summed E-state index contributed by atoms with van der Waals surface area (Å²) < 4.78 is 0. The number of benzene rings is 6. The lowest BCUT2D eigenvalue weighted by atomic mass is 9.81. The van der Waals surface area contributed by atoms with Crippen molar-refractivity contribution in [2.75, 3.05) is 0 Å². The van der Waals surface area contributed by atoms with Gasteiger partial charge in [-0.15, -0.1) is 0 Å². The molecular formula is C43H30. The van der Waals surface area contributed by atoms with Gasteiger partial charge in [0.05, 0.1) is 0 Å². The van der Waals surface area contributed by atoms with Gasteiger partial charge in [0.25, 0.3) is 0 Å². The zero-order chi connectivity index (χ0) is 28.6. The van der Waals surface area contributed by atoms with E-state index in [-0.39, 0.29) is 5.92 Å². The van der Waals surface area contributed by atoms with Crippen molar-refractivity contribution in [3.8, 4) is 33.4 Å². The van der Waals surface area contributed by atoms with Crippen LogP contribution >= 0.6 is 0 Å². The Kier molecular flexibility index (Phi) is 6.31. The maximum absolute atomic E-state index is 2.38. The van der Waals surface area contributed by atoms with Gasteiger partial charge in [0, 0.05) is 5.92 Å². The maximum Gasteiger partial charge on any atom is 0.0285 e. The Morgan fingerprint density at radius 1 is 0.395 bits per heavy atom. The first kappa shape index (κ1) is 25.3. The van der Waals surface area contributed by atoms with Crippen LogP contribution in [0.15, 0.2) is 182 Å². The first-order chi connectivity index (χ1) is 21.3. The molecular weight excluding hydrogens is 516 g/mol. The number of rotatable bonds is 5. The summed E-state index contributed by atoms with van der Waals surface area (Å²) in [7, 11) is 0. The lowest BCUT2D eigenvalue weighted by Gasteiger charge is -2.22. The second-order valence-electron chi connectivity index (χ2n) is 11.3. The lowest BCUT2D eigenvalue weighted by molar-refractivity contribution is 1.05. The van der Waals surface area contributed by atoms with Crippen molar-refractivity contribution < 1.29 is 0 Å². The third-order valence-corrected chi connectivity index (χ3v) is 8.78. The summed E-state index contributed by atoms with van der Waals surface area (Å²) in [4.78, 5) is 0. The predicted molar refractivity (Wildman–Crippen MR) is 183 cm³/mol. The fourth-order valence-electron chi connectivity index (χ4n) is 6.71. The van der Waals surface area contributed by atoms with Gasteiger partial charge in [-0.2, -0.15) is 0 Å². The topological polar surface area (TPSA) is 0 Å². The minimum Gasteiger partial charge on any atom is -0.0720 e. The number of hydrogen-bond acceptors (Lipinski definition) is 0. The molecule has 0 fully saturated rings. The Morgan fingerprint density at radius 3 is 1.63 bits per heavy atom. The summed E-state index contributed by atoms with van der Waals surface area (Å²) in [6.07, 6.45) is 11.5. The van der Waals surface area contributed by atoms with Gasteiger partial charge in [-0.25, -0.2) is 0 Å². The lowest BCUT2D eigenvalue weighted by Crippen LogP contribution is -2.05. The van der Waals surface area contributed by atoms with E-state index in [0.29, 0.717) is 0 Å². The molecule has 6 aromatic rings. The Bertz CT molecular complexity index is 2100. The summed E-state index contributed by atoms with van der Waals surface area (Å²) in [6.45, 7) is 0. The molecule has 2 aliphatic rings. The van der Waals surface area contributed by atoms with Gasteiger partial charge >= 0.3 is 0 Å². The second kappa shape index (κ2) is 10.7. The van der Waals surface area contributed by atoms with E-state index in [4.69, 9.17) is 0 Å². The van der Waals surface area contributed by atoms with E-state index in [2.05, 4.69) is 176 Å². The highest BCUT2D eigenvalue weighted by Crippen LogP contribution is 2.45. The summed E-state index contributed by atoms with van der Waals surface area (Å²) in [5, 5.41) is 2.57. The van der Waals surface area contributed by atoms with Crippen molar-refractivity contribution in [2.24, 2.45) is 5.92 Å². The van der Waals surface area contributed by atoms with E-state index in [1.165, 1.54) is 72.0 Å². The van der Waals surface area contributed by atoms with Crippen LogP contribution in [-0.2, 0) is 0 Å². The van der Waals surface area contributed by atoms with Crippen LogP contribution in [0.4, 0.5) is 0 Å². The molecule has 2 aliphatic carbocycles. The molecule has 0 heteroatoms. The average molecular weight is 547 g/mol. The molecule has 0 saturated carbocycles. The molecule has 0 aliphatic heterocycles. The minimum absolute atomic E-state index is 0.232. The van der Waals surface area contributed by atoms with Gasteiger partial charge in [0.2, 0.25) is 0 Å². The summed E-state index contributed by atoms with van der Waals surface area (Å²) in [6, 6.07) is 52.6. The fourth-order valence-corrected chi connectivity index (χ4v) is 6.71. The van der Waals surface area contributed by atoms with Crippen LogP contribution in [0.5, 0.6) is 0 Å². The van der Waals surface area contributed by atoms with Gasteiger partial charge in [-0.1, -0.05) is 164 Å². The Balaban J connectivity index is 1.19. The van der Waals surface area contributed by atoms with E-state index >= 15 is 0 Å². The molecule has 43 heavy (non-hydrogen) atoms. The molecule has 6 aromatic carbocycles. The molecule has 0 bridgehead atoms. The van der Waals surface area contributed by atoms with Crippen molar-refractivity contribution in [1.82, 2.24) is 0 Å². The van der Waals surface area contributed by atoms with E-state index in [1.807, 2.05) is 0 Å². The molecule has 0 saturated heterocycles. The van der Waals surface area contributed by atoms with Gasteiger partial charge in [0.1, 0.15) is 0 Å². The second-order valence-corrected chi connectivity index (χ2v) is 11.3. The van der Waals surface area contributed by atoms with Gasteiger partial charge in [-0.3, -0.25) is 0 Å². The maximum atomic E-state index is 2.38. The highest BCUT2D eigenvalue weighted by molar-refractivity contribution is 6.04. The third kappa shape index (κ3) is 4.58. The zero-order valence-corrected chi connectivity index (χ0v) is 23.8. The van der Waals surface area contributed by atoms with E-state index in [0.717, 1.165) is 0 Å². The monoisotopic (exact) mass is 546 g/mol. The highest BCUT2D eigenvalue weighted by atomic mass is 14.3. The number of fused-ring (bicyclic) bond motifs is 2. The van der Waals surface area contributed by atoms with Gasteiger partial charge < -0.3 is 0 Å². The number of allylic oxidation sites excluding steroid dienone is 8. The minimum atomic E-state index is 0.232. The first-order valence-corrected chi connectivity index (χ1v) is 15.0. The average Bonchev–Trinajstić information content (AvgIpc) is 3.53. The van der Waals surface area contributed by atoms with Crippen LogP contribution in [0.2, 0.25) is 0 Å². The van der Waals surface area contributed by atoms with Crippen molar-refractivity contribution in [3.63, 3.8) is 0 Å². The molecule has 1 unspecified atom stereocenters. The number of hydrogen-bond donors (Lipinski definition) is 0. The van der Waals surface area contributed by atoms with Crippen LogP contribution in [0, 0.1) is 5.92 Å². The van der Waals surface area contributed by atoms with Crippen LogP contribution in [0.25, 0.3) is 55.3 Å². The summed E-state index contributed by atoms with van der Waals surface area (Å²) >= 11 is 0. The van der Waals surface area contributed by atoms with Gasteiger partial charge in [-0.05, 0) is 84.1 Å². The predicted octanol–water partition coefficient (Wildman–Crippen LogP) is 11.4. The standard InChI is InChI=1S/C43H30/c1-3-12-30(13-4-1)32-16-7-18-34(28-32)36-20-9-23-40-38(36)21-10-24-41(40)42-25-11-22-39-37(26-27-43(39)42)35-19-8-17-33(29-35)31-14-5-2-6-15-31/h1-29,43H. The van der Waals surface area contributed by atoms with Crippen molar-refractivity contribution in [1.29, 1.82) is 0 Å². The van der Waals surface area contributed by atoms with Gasteiger partial charge in [0.15, 0.2) is 0 Å². The first-order valence-electron chi connectivity index (χ1n) is 15.0. The Morgan fingerprint density at radius 2 is 0.930 bits per heavy atom. The zero-order valence-electron chi connectivity index (χ0n) is 23.8. The summed E-state index contributed by atoms with van der Waals surface area (Å²) in [5.74, 6) is 0.232. The Hall–Kier alpha value is -5.46. The van der Waals surface area contributed by atoms with Crippen LogP contribution < -0.4 is 0 Å². The third-order valence-electron chi connectivity index (χ3n) is 8.78. The van der Waals surface area contributed by atoms with E-state index in [1.54, 1.807) is 0 Å². The van der Waals surface area contributed by atoms with Crippen LogP contribution in [-0.4, -0.2) is 0 Å². The molecule has 0 amide bonds.